The van der Waals surface area contributed by atoms with Crippen LogP contribution in [0.25, 0.3) is 0 Å². The largest absolute Gasteiger partial charge is 1.00 e. The third-order valence-electron chi connectivity index (χ3n) is 2.42. The van der Waals surface area contributed by atoms with Gasteiger partial charge in [0.05, 0.1) is 5.56 Å². The average molecular weight is 279 g/mol. The van der Waals surface area contributed by atoms with Crippen LogP contribution in [-0.4, -0.2) is 22.0 Å². The van der Waals surface area contributed by atoms with E-state index in [4.69, 9.17) is 5.21 Å². The average Bonchev–Trinajstić information content (AvgIpc) is 2.48. The zero-order chi connectivity index (χ0) is 13.7. The molecule has 7 heteroatoms. The standard InChI is InChI=1S/C13H11N3O3.Na/c17-12(9-4-3-7-14-8-9)15-11-6-2-1-5-10(11)13(18)16-19;/h1-8,19H,(H,15,17)(H,16,18);/q;+1/p-1. The van der Waals surface area contributed by atoms with E-state index in [0.717, 1.165) is 0 Å². The van der Waals surface area contributed by atoms with Crippen LogP contribution in [0.15, 0.2) is 53.9 Å². The number of aromatic nitrogens is 1. The predicted octanol–water partition coefficient (Wildman–Crippen LogP) is -2.17. The minimum atomic E-state index is -0.818. The minimum absolute atomic E-state index is 0. The Morgan fingerprint density at radius 3 is 2.65 bits per heavy atom. The zero-order valence-corrected chi connectivity index (χ0v) is 12.8. The molecule has 1 aromatic heterocycles. The maximum atomic E-state index is 11.9. The van der Waals surface area contributed by atoms with Crippen molar-refractivity contribution in [1.82, 2.24) is 4.98 Å². The Hall–Kier alpha value is -1.89. The summed E-state index contributed by atoms with van der Waals surface area (Å²) in [5, 5.41) is 25.1. The van der Waals surface area contributed by atoms with E-state index < -0.39 is 11.8 Å². The normalized spacial score (nSPS) is 10.5. The monoisotopic (exact) mass is 279 g/mol. The minimum Gasteiger partial charge on any atom is -0.856 e. The van der Waals surface area contributed by atoms with Crippen LogP contribution in [-0.2, 0) is 0 Å². The summed E-state index contributed by atoms with van der Waals surface area (Å²) in [4.78, 5) is 15.8. The van der Waals surface area contributed by atoms with E-state index >= 15 is 0 Å². The number of hydrogen-bond acceptors (Lipinski definition) is 5. The SMILES string of the molecule is O=C(Nc1ccccc1/C([O-])=N/O)c1cccnc1.[Na+]. The van der Waals surface area contributed by atoms with Crippen molar-refractivity contribution in [3.05, 3.63) is 59.9 Å². The van der Waals surface area contributed by atoms with Gasteiger partial charge in [-0.15, -0.1) is 5.16 Å². The first-order valence-electron chi connectivity index (χ1n) is 5.42. The van der Waals surface area contributed by atoms with Gasteiger partial charge in [-0.3, -0.25) is 9.78 Å². The van der Waals surface area contributed by atoms with Crippen LogP contribution < -0.4 is 40.0 Å². The van der Waals surface area contributed by atoms with Crippen LogP contribution in [0.4, 0.5) is 5.69 Å². The van der Waals surface area contributed by atoms with Crippen molar-refractivity contribution in [3.63, 3.8) is 0 Å². The Balaban J connectivity index is 0.00000200. The molecule has 1 heterocycles. The molecule has 0 spiro atoms. The number of amides is 1. The summed E-state index contributed by atoms with van der Waals surface area (Å²) in [7, 11) is 0. The molecule has 2 N–H and O–H groups in total. The van der Waals surface area contributed by atoms with E-state index in [1.54, 1.807) is 36.5 Å². The van der Waals surface area contributed by atoms with Crippen molar-refractivity contribution < 1.29 is 44.7 Å². The molecular formula is C13H10N3NaO3. The Morgan fingerprint density at radius 1 is 1.25 bits per heavy atom. The number of carbonyl (C=O) groups excluding carboxylic acids is 1. The van der Waals surface area contributed by atoms with Gasteiger partial charge in [-0.25, -0.2) is 0 Å². The first-order valence-corrected chi connectivity index (χ1v) is 5.42. The topological polar surface area (TPSA) is 97.6 Å². The molecule has 0 fully saturated rings. The van der Waals surface area contributed by atoms with Crippen molar-refractivity contribution >= 4 is 17.5 Å². The first-order chi connectivity index (χ1) is 9.22. The Kier molecular flexibility index (Phi) is 6.17. The van der Waals surface area contributed by atoms with Crippen molar-refractivity contribution in [1.29, 1.82) is 0 Å². The molecule has 0 aliphatic carbocycles. The van der Waals surface area contributed by atoms with E-state index in [1.807, 2.05) is 0 Å². The Bertz CT molecular complexity index is 617. The van der Waals surface area contributed by atoms with Gasteiger partial charge in [0.15, 0.2) is 0 Å². The van der Waals surface area contributed by atoms with Crippen molar-refractivity contribution in [3.8, 4) is 0 Å². The molecule has 1 amide bonds. The molecule has 0 aliphatic rings. The van der Waals surface area contributed by atoms with Gasteiger partial charge in [-0.2, -0.15) is 0 Å². The van der Waals surface area contributed by atoms with Crippen LogP contribution in [0.1, 0.15) is 15.9 Å². The number of benzene rings is 1. The predicted molar refractivity (Wildman–Crippen MR) is 67.0 cm³/mol. The van der Waals surface area contributed by atoms with Gasteiger partial charge in [0.1, 0.15) is 0 Å². The quantitative estimate of drug-likeness (QED) is 0.220. The maximum Gasteiger partial charge on any atom is 1.00 e. The summed E-state index contributed by atoms with van der Waals surface area (Å²) in [6.45, 7) is 0. The zero-order valence-electron chi connectivity index (χ0n) is 10.8. The molecule has 96 valence electrons. The smallest absolute Gasteiger partial charge is 0.856 e. The third kappa shape index (κ3) is 3.80. The molecule has 0 bridgehead atoms. The number of pyridine rings is 1. The van der Waals surface area contributed by atoms with Gasteiger partial charge in [-0.1, -0.05) is 18.2 Å². The number of nitrogens with zero attached hydrogens (tertiary/aromatic N) is 2. The molecule has 0 radical (unpaired) electrons. The summed E-state index contributed by atoms with van der Waals surface area (Å²) in [6.07, 6.45) is 2.97. The number of oxime groups is 1. The summed E-state index contributed by atoms with van der Waals surface area (Å²) in [5.41, 5.74) is 0.757. The molecule has 6 nitrogen and oxygen atoms in total. The molecule has 1 aromatic carbocycles. The molecule has 0 unspecified atom stereocenters. The van der Waals surface area contributed by atoms with Crippen LogP contribution in [0, 0.1) is 0 Å². The second kappa shape index (κ2) is 7.64. The van der Waals surface area contributed by atoms with E-state index in [2.05, 4.69) is 15.5 Å². The van der Waals surface area contributed by atoms with Gasteiger partial charge in [0, 0.05) is 29.5 Å². The van der Waals surface area contributed by atoms with Gasteiger partial charge in [0.25, 0.3) is 5.91 Å². The fourth-order valence-electron chi connectivity index (χ4n) is 1.52. The summed E-state index contributed by atoms with van der Waals surface area (Å²) in [6, 6.07) is 9.51. The number of rotatable bonds is 3. The van der Waals surface area contributed by atoms with Crippen molar-refractivity contribution in [2.45, 2.75) is 0 Å². The molecule has 0 saturated carbocycles. The maximum absolute atomic E-state index is 11.9. The Labute approximate surface area is 137 Å². The van der Waals surface area contributed by atoms with E-state index in [0.29, 0.717) is 5.56 Å². The summed E-state index contributed by atoms with van der Waals surface area (Å²) < 4.78 is 0. The molecule has 2 aromatic rings. The molecular weight excluding hydrogens is 269 g/mol. The Morgan fingerprint density at radius 2 is 2.00 bits per heavy atom. The van der Waals surface area contributed by atoms with Crippen LogP contribution in [0.5, 0.6) is 0 Å². The van der Waals surface area contributed by atoms with Crippen molar-refractivity contribution in [2.75, 3.05) is 5.32 Å². The molecule has 0 atom stereocenters. The van der Waals surface area contributed by atoms with Gasteiger partial charge in [0.2, 0.25) is 0 Å². The second-order valence-corrected chi connectivity index (χ2v) is 3.65. The van der Waals surface area contributed by atoms with Crippen LogP contribution in [0.3, 0.4) is 0 Å². The van der Waals surface area contributed by atoms with E-state index in [9.17, 15) is 9.90 Å². The van der Waals surface area contributed by atoms with E-state index in [1.165, 1.54) is 12.3 Å². The van der Waals surface area contributed by atoms with Crippen LogP contribution >= 0.6 is 0 Å². The third-order valence-corrected chi connectivity index (χ3v) is 2.42. The number of para-hydroxylation sites is 1. The van der Waals surface area contributed by atoms with E-state index in [-0.39, 0.29) is 40.8 Å². The number of hydrogen-bond donors (Lipinski definition) is 2. The molecule has 0 aliphatic heterocycles. The first kappa shape index (κ1) is 16.2. The molecule has 20 heavy (non-hydrogen) atoms. The van der Waals surface area contributed by atoms with Crippen LogP contribution in [0.2, 0.25) is 0 Å². The fourth-order valence-corrected chi connectivity index (χ4v) is 1.52. The molecule has 2 rings (SSSR count). The summed E-state index contributed by atoms with van der Waals surface area (Å²) in [5.74, 6) is -1.21. The van der Waals surface area contributed by atoms with Gasteiger partial charge < -0.3 is 15.6 Å². The van der Waals surface area contributed by atoms with Gasteiger partial charge in [-0.05, 0) is 18.2 Å². The summed E-state index contributed by atoms with van der Waals surface area (Å²) >= 11 is 0. The van der Waals surface area contributed by atoms with Gasteiger partial charge >= 0.3 is 29.6 Å². The van der Waals surface area contributed by atoms with Crippen molar-refractivity contribution in [2.24, 2.45) is 5.16 Å². The molecule has 0 saturated heterocycles. The number of carbonyl (C=O) groups is 1. The number of nitrogens with one attached hydrogen (secondary N) is 1. The second-order valence-electron chi connectivity index (χ2n) is 3.65. The fraction of sp³-hybridized carbons (Fsp3) is 0. The number of anilines is 1.